The van der Waals surface area contributed by atoms with E-state index in [1.165, 1.54) is 0 Å². The van der Waals surface area contributed by atoms with Gasteiger partial charge in [0, 0.05) is 29.2 Å². The molecule has 1 aliphatic heterocycles. The minimum Gasteiger partial charge on any atom is -0.493 e. The van der Waals surface area contributed by atoms with Crippen LogP contribution < -0.4 is 14.2 Å². The number of benzene rings is 2. The molecule has 0 spiro atoms. The number of ether oxygens (including phenoxy) is 3. The molecular formula is C23H24ClN3O5. The first kappa shape index (κ1) is 22.0. The molecule has 1 aromatic heterocycles. The molecule has 1 saturated heterocycles. The highest BCUT2D eigenvalue weighted by Gasteiger charge is 2.29. The number of rotatable bonds is 6. The number of aromatic nitrogens is 2. The number of nitrogens with zero attached hydrogens (tertiary/aromatic N) is 3. The van der Waals surface area contributed by atoms with E-state index in [4.69, 9.17) is 30.3 Å². The van der Waals surface area contributed by atoms with Crippen molar-refractivity contribution in [2.75, 3.05) is 34.4 Å². The van der Waals surface area contributed by atoms with Crippen LogP contribution in [0.15, 0.2) is 40.9 Å². The normalized spacial score (nSPS) is 16.0. The third-order valence-corrected chi connectivity index (χ3v) is 5.77. The first-order valence-corrected chi connectivity index (χ1v) is 10.6. The van der Waals surface area contributed by atoms with Crippen molar-refractivity contribution in [3.05, 3.63) is 52.9 Å². The zero-order chi connectivity index (χ0) is 22.7. The number of carbonyl (C=O) groups excluding carboxylic acids is 1. The Balaban J connectivity index is 1.54. The van der Waals surface area contributed by atoms with Gasteiger partial charge >= 0.3 is 0 Å². The van der Waals surface area contributed by atoms with Crippen molar-refractivity contribution >= 4 is 17.5 Å². The molecule has 2 heterocycles. The fraction of sp³-hybridized carbons (Fsp3) is 0.348. The van der Waals surface area contributed by atoms with Crippen LogP contribution in [0.3, 0.4) is 0 Å². The molecule has 0 saturated carbocycles. The van der Waals surface area contributed by atoms with Crippen LogP contribution in [0, 0.1) is 0 Å². The lowest BCUT2D eigenvalue weighted by Crippen LogP contribution is -2.39. The van der Waals surface area contributed by atoms with E-state index in [0.717, 1.165) is 12.8 Å². The molecule has 3 aromatic rings. The van der Waals surface area contributed by atoms with Gasteiger partial charge in [0.1, 0.15) is 0 Å². The second-order valence-electron chi connectivity index (χ2n) is 7.47. The molecule has 0 aliphatic carbocycles. The van der Waals surface area contributed by atoms with Crippen molar-refractivity contribution in [2.24, 2.45) is 0 Å². The minimum atomic E-state index is -0.0386. The Morgan fingerprint density at radius 3 is 2.41 bits per heavy atom. The summed E-state index contributed by atoms with van der Waals surface area (Å²) in [5.74, 6) is 2.35. The van der Waals surface area contributed by atoms with E-state index in [0.29, 0.717) is 58.2 Å². The summed E-state index contributed by atoms with van der Waals surface area (Å²) in [5.41, 5.74) is 1.29. The van der Waals surface area contributed by atoms with Crippen molar-refractivity contribution in [1.82, 2.24) is 15.0 Å². The second kappa shape index (κ2) is 9.48. The zero-order valence-electron chi connectivity index (χ0n) is 18.1. The zero-order valence-corrected chi connectivity index (χ0v) is 18.9. The highest BCUT2D eigenvalue weighted by atomic mass is 35.5. The molecule has 32 heavy (non-hydrogen) atoms. The number of likely N-dealkylation sites (tertiary alicyclic amines) is 1. The molecule has 0 N–H and O–H groups in total. The van der Waals surface area contributed by atoms with Crippen LogP contribution in [-0.4, -0.2) is 55.4 Å². The standard InChI is InChI=1S/C23H24ClN3O5/c1-29-18-11-16(12-19(30-2)20(18)31-3)21-25-22(32-26-21)15-5-4-10-27(13-15)23(28)14-6-8-17(24)9-7-14/h6-9,11-12,15H,4-5,10,13H2,1-3H3/t15-/m0/s1. The van der Waals surface area contributed by atoms with Crippen molar-refractivity contribution in [1.29, 1.82) is 0 Å². The van der Waals surface area contributed by atoms with Gasteiger partial charge in [-0.05, 0) is 49.2 Å². The van der Waals surface area contributed by atoms with E-state index in [-0.39, 0.29) is 11.8 Å². The molecule has 168 valence electrons. The monoisotopic (exact) mass is 457 g/mol. The van der Waals surface area contributed by atoms with Gasteiger partial charge in [0.05, 0.1) is 27.2 Å². The van der Waals surface area contributed by atoms with Gasteiger partial charge in [0.2, 0.25) is 17.5 Å². The molecule has 2 aromatic carbocycles. The van der Waals surface area contributed by atoms with Crippen LogP contribution in [0.5, 0.6) is 17.2 Å². The maximum Gasteiger partial charge on any atom is 0.253 e. The van der Waals surface area contributed by atoms with Crippen LogP contribution in [-0.2, 0) is 0 Å². The van der Waals surface area contributed by atoms with E-state index < -0.39 is 0 Å². The number of methoxy groups -OCH3 is 3. The lowest BCUT2D eigenvalue weighted by Gasteiger charge is -2.31. The molecule has 1 atom stereocenters. The summed E-state index contributed by atoms with van der Waals surface area (Å²) in [6.07, 6.45) is 1.72. The summed E-state index contributed by atoms with van der Waals surface area (Å²) in [4.78, 5) is 19.3. The van der Waals surface area contributed by atoms with E-state index in [1.54, 1.807) is 57.7 Å². The first-order chi connectivity index (χ1) is 15.5. The Morgan fingerprint density at radius 2 is 1.78 bits per heavy atom. The Bertz CT molecular complexity index is 1070. The summed E-state index contributed by atoms with van der Waals surface area (Å²) in [6, 6.07) is 10.5. The molecule has 9 heteroatoms. The highest BCUT2D eigenvalue weighted by Crippen LogP contribution is 2.41. The number of hydrogen-bond acceptors (Lipinski definition) is 7. The summed E-state index contributed by atoms with van der Waals surface area (Å²) in [6.45, 7) is 1.20. The SMILES string of the molecule is COc1cc(-c2noc([C@H]3CCCN(C(=O)c4ccc(Cl)cc4)C3)n2)cc(OC)c1OC. The number of carbonyl (C=O) groups is 1. The smallest absolute Gasteiger partial charge is 0.253 e. The molecule has 0 bridgehead atoms. The predicted octanol–water partition coefficient (Wildman–Crippen LogP) is 4.44. The molecule has 4 rings (SSSR count). The molecule has 0 unspecified atom stereocenters. The average molecular weight is 458 g/mol. The highest BCUT2D eigenvalue weighted by molar-refractivity contribution is 6.30. The maximum atomic E-state index is 12.9. The summed E-state index contributed by atoms with van der Waals surface area (Å²) in [5, 5.41) is 4.75. The Labute approximate surface area is 191 Å². The maximum absolute atomic E-state index is 12.9. The average Bonchev–Trinajstić information content (AvgIpc) is 3.33. The van der Waals surface area contributed by atoms with Gasteiger partial charge in [-0.3, -0.25) is 4.79 Å². The van der Waals surface area contributed by atoms with Gasteiger partial charge in [-0.25, -0.2) is 0 Å². The van der Waals surface area contributed by atoms with Crippen LogP contribution in [0.2, 0.25) is 5.02 Å². The van der Waals surface area contributed by atoms with E-state index in [2.05, 4.69) is 10.1 Å². The lowest BCUT2D eigenvalue weighted by atomic mass is 9.97. The Kier molecular flexibility index (Phi) is 6.50. The minimum absolute atomic E-state index is 0.0317. The van der Waals surface area contributed by atoms with E-state index in [1.807, 2.05) is 4.90 Å². The topological polar surface area (TPSA) is 86.9 Å². The fourth-order valence-electron chi connectivity index (χ4n) is 3.87. The van der Waals surface area contributed by atoms with Gasteiger partial charge < -0.3 is 23.6 Å². The van der Waals surface area contributed by atoms with Gasteiger partial charge in [-0.2, -0.15) is 4.98 Å². The fourth-order valence-corrected chi connectivity index (χ4v) is 3.99. The Hall–Kier alpha value is -3.26. The quantitative estimate of drug-likeness (QED) is 0.540. The molecular weight excluding hydrogens is 434 g/mol. The largest absolute Gasteiger partial charge is 0.493 e. The van der Waals surface area contributed by atoms with Crippen LogP contribution >= 0.6 is 11.6 Å². The summed E-state index contributed by atoms with van der Waals surface area (Å²) >= 11 is 5.94. The lowest BCUT2D eigenvalue weighted by molar-refractivity contribution is 0.0695. The van der Waals surface area contributed by atoms with Crippen molar-refractivity contribution < 1.29 is 23.5 Å². The van der Waals surface area contributed by atoms with Crippen molar-refractivity contribution in [3.8, 4) is 28.6 Å². The third kappa shape index (κ3) is 4.36. The number of hydrogen-bond donors (Lipinski definition) is 0. The van der Waals surface area contributed by atoms with Crippen LogP contribution in [0.25, 0.3) is 11.4 Å². The summed E-state index contributed by atoms with van der Waals surface area (Å²) in [7, 11) is 4.65. The van der Waals surface area contributed by atoms with Crippen LogP contribution in [0.1, 0.15) is 35.0 Å². The van der Waals surface area contributed by atoms with Gasteiger partial charge in [0.25, 0.3) is 5.91 Å². The van der Waals surface area contributed by atoms with Crippen molar-refractivity contribution in [2.45, 2.75) is 18.8 Å². The van der Waals surface area contributed by atoms with Gasteiger partial charge in [0.15, 0.2) is 11.5 Å². The molecule has 0 radical (unpaired) electrons. The van der Waals surface area contributed by atoms with E-state index >= 15 is 0 Å². The third-order valence-electron chi connectivity index (χ3n) is 5.51. The molecule has 1 amide bonds. The predicted molar refractivity (Wildman–Crippen MR) is 119 cm³/mol. The van der Waals surface area contributed by atoms with Crippen molar-refractivity contribution in [3.63, 3.8) is 0 Å². The molecule has 1 aliphatic rings. The van der Waals surface area contributed by atoms with Gasteiger partial charge in [-0.1, -0.05) is 16.8 Å². The first-order valence-electron chi connectivity index (χ1n) is 10.2. The molecule has 8 nitrogen and oxygen atoms in total. The van der Waals surface area contributed by atoms with Gasteiger partial charge in [-0.15, -0.1) is 0 Å². The number of piperidine rings is 1. The second-order valence-corrected chi connectivity index (χ2v) is 7.90. The number of halogens is 1. The summed E-state index contributed by atoms with van der Waals surface area (Å²) < 4.78 is 21.8. The van der Waals surface area contributed by atoms with Crippen LogP contribution in [0.4, 0.5) is 0 Å². The molecule has 1 fully saturated rings. The van der Waals surface area contributed by atoms with E-state index in [9.17, 15) is 4.79 Å². The number of amides is 1. The Morgan fingerprint density at radius 1 is 1.09 bits per heavy atom.